The van der Waals surface area contributed by atoms with Gasteiger partial charge < -0.3 is 14.4 Å². The fourth-order valence-corrected chi connectivity index (χ4v) is 7.41. The highest BCUT2D eigenvalue weighted by Crippen LogP contribution is 2.53. The van der Waals surface area contributed by atoms with Crippen molar-refractivity contribution in [1.29, 1.82) is 0 Å². The van der Waals surface area contributed by atoms with E-state index in [9.17, 15) is 9.36 Å². The van der Waals surface area contributed by atoms with Crippen LogP contribution in [-0.2, 0) is 21.3 Å². The Balaban J connectivity index is 1.67. The largest absolute Gasteiger partial charge is 0.463 e. The van der Waals surface area contributed by atoms with Crippen LogP contribution in [-0.4, -0.2) is 5.91 Å². The molecule has 0 saturated carbocycles. The number of fused-ring (bicyclic) bond motifs is 2. The number of rotatable bonds is 5. The van der Waals surface area contributed by atoms with E-state index in [1.807, 2.05) is 76.2 Å². The Morgan fingerprint density at radius 3 is 1.82 bits per heavy atom. The number of aryl methyl sites for hydroxylation is 5. The lowest BCUT2D eigenvalue weighted by Gasteiger charge is -2.30. The zero-order valence-corrected chi connectivity index (χ0v) is 21.0. The van der Waals surface area contributed by atoms with E-state index < -0.39 is 13.1 Å². The van der Waals surface area contributed by atoms with Crippen molar-refractivity contribution in [3.63, 3.8) is 0 Å². The molecule has 1 saturated heterocycles. The monoisotopic (exact) mass is 475 g/mol. The summed E-state index contributed by atoms with van der Waals surface area (Å²) < 4.78 is 27.4. The first kappa shape index (κ1) is 22.7. The van der Waals surface area contributed by atoms with E-state index >= 15 is 0 Å². The summed E-state index contributed by atoms with van der Waals surface area (Å²) in [5.41, 5.74) is 5.55. The van der Waals surface area contributed by atoms with Gasteiger partial charge in [0, 0.05) is 6.42 Å². The quantitative estimate of drug-likeness (QED) is 0.464. The van der Waals surface area contributed by atoms with Crippen LogP contribution in [0.5, 0.6) is 11.5 Å². The highest BCUT2D eigenvalue weighted by molar-refractivity contribution is 7.63. The minimum absolute atomic E-state index is 0.0305. The van der Waals surface area contributed by atoms with Gasteiger partial charge in [0.05, 0.1) is 10.8 Å². The maximum atomic E-state index is 14.8. The van der Waals surface area contributed by atoms with Crippen LogP contribution < -0.4 is 19.7 Å². The molecule has 3 aromatic rings. The molecular weight excluding hydrogens is 445 g/mol. The Morgan fingerprint density at radius 2 is 1.32 bits per heavy atom. The molecule has 0 radical (unpaired) electrons. The van der Waals surface area contributed by atoms with Crippen LogP contribution in [0.2, 0.25) is 0 Å². The van der Waals surface area contributed by atoms with Crippen molar-refractivity contribution in [2.75, 3.05) is 0 Å². The number of hydrogen-bond acceptors (Lipinski definition) is 4. The van der Waals surface area contributed by atoms with Crippen molar-refractivity contribution >= 4 is 18.8 Å². The van der Waals surface area contributed by atoms with Crippen LogP contribution in [0.1, 0.15) is 52.6 Å². The van der Waals surface area contributed by atoms with Crippen molar-refractivity contribution in [2.24, 2.45) is 0 Å². The molecule has 5 nitrogen and oxygen atoms in total. The second-order valence-corrected chi connectivity index (χ2v) is 11.6. The van der Waals surface area contributed by atoms with Crippen LogP contribution >= 0.6 is 7.60 Å². The van der Waals surface area contributed by atoms with Crippen LogP contribution in [0.4, 0.5) is 0 Å². The Hall–Kier alpha value is -3.04. The lowest BCUT2D eigenvalue weighted by Crippen LogP contribution is -2.40. The van der Waals surface area contributed by atoms with E-state index in [-0.39, 0.29) is 5.91 Å². The zero-order valence-electron chi connectivity index (χ0n) is 20.1. The fraction of sp³-hybridized carbons (Fsp3) is 0.321. The Kier molecular flexibility index (Phi) is 5.56. The molecule has 1 spiro atoms. The number of nitrogens with one attached hydrogen (secondary N) is 1. The number of carbonyl (C=O) groups excluding carboxylic acids is 1. The topological polar surface area (TPSA) is 64.6 Å². The number of hydrogen-bond donors (Lipinski definition) is 1. The summed E-state index contributed by atoms with van der Waals surface area (Å²) in [6.45, 7) is 7.94. The summed E-state index contributed by atoms with van der Waals surface area (Å²) in [7, 11) is -3.89. The predicted octanol–water partition coefficient (Wildman–Crippen LogP) is 5.95. The molecule has 3 aromatic carbocycles. The van der Waals surface area contributed by atoms with Crippen molar-refractivity contribution in [1.82, 2.24) is 5.32 Å². The predicted molar refractivity (Wildman–Crippen MR) is 134 cm³/mol. The molecule has 176 valence electrons. The lowest BCUT2D eigenvalue weighted by molar-refractivity contribution is -0.119. The molecule has 1 aliphatic heterocycles. The van der Waals surface area contributed by atoms with Crippen LogP contribution in [0, 0.1) is 27.7 Å². The molecule has 1 heterocycles. The first-order valence-electron chi connectivity index (χ1n) is 11.8. The molecule has 5 rings (SSSR count). The second kappa shape index (κ2) is 8.32. The smallest absolute Gasteiger partial charge is 0.413 e. The van der Waals surface area contributed by atoms with Crippen molar-refractivity contribution in [2.45, 2.75) is 58.9 Å². The zero-order chi connectivity index (χ0) is 24.1. The normalized spacial score (nSPS) is 19.2. The van der Waals surface area contributed by atoms with Gasteiger partial charge in [-0.3, -0.25) is 4.79 Å². The van der Waals surface area contributed by atoms with Crippen molar-refractivity contribution < 1.29 is 18.4 Å². The maximum absolute atomic E-state index is 14.8. The summed E-state index contributed by atoms with van der Waals surface area (Å²) in [6.07, 6.45) is 2.76. The fourth-order valence-electron chi connectivity index (χ4n) is 5.51. The molecule has 1 atom stereocenters. The van der Waals surface area contributed by atoms with Gasteiger partial charge in [-0.2, -0.15) is 0 Å². The third kappa shape index (κ3) is 4.14. The highest BCUT2D eigenvalue weighted by Gasteiger charge is 2.49. The molecule has 0 aromatic heterocycles. The van der Waals surface area contributed by atoms with E-state index in [1.165, 1.54) is 0 Å². The van der Waals surface area contributed by atoms with Gasteiger partial charge >= 0.3 is 7.60 Å². The van der Waals surface area contributed by atoms with Crippen LogP contribution in [0.15, 0.2) is 54.6 Å². The van der Waals surface area contributed by atoms with E-state index in [4.69, 9.17) is 9.05 Å². The van der Waals surface area contributed by atoms with Gasteiger partial charge in [0.1, 0.15) is 11.5 Å². The highest BCUT2D eigenvalue weighted by atomic mass is 31.2. The summed E-state index contributed by atoms with van der Waals surface area (Å²) in [6, 6.07) is 17.4. The molecule has 1 aliphatic carbocycles. The number of carbonyl (C=O) groups is 1. The molecule has 0 bridgehead atoms. The maximum Gasteiger partial charge on any atom is 0.463 e. The molecule has 1 fully saturated rings. The number of benzene rings is 3. The summed E-state index contributed by atoms with van der Waals surface area (Å²) >= 11 is 0. The van der Waals surface area contributed by atoms with Gasteiger partial charge in [-0.15, -0.1) is 0 Å². The van der Waals surface area contributed by atoms with Crippen molar-refractivity contribution in [3.05, 3.63) is 88.0 Å². The summed E-state index contributed by atoms with van der Waals surface area (Å²) in [5.74, 6) is 1.04. The molecule has 34 heavy (non-hydrogen) atoms. The molecule has 1 N–H and O–H groups in total. The third-order valence-corrected chi connectivity index (χ3v) is 8.59. The molecule has 6 heteroatoms. The third-order valence-electron chi connectivity index (χ3n) is 6.72. The minimum Gasteiger partial charge on any atom is -0.413 e. The molecular formula is C28H30NO4P. The van der Waals surface area contributed by atoms with Crippen LogP contribution in [0.25, 0.3) is 0 Å². The van der Waals surface area contributed by atoms with E-state index in [0.29, 0.717) is 29.6 Å². The van der Waals surface area contributed by atoms with Gasteiger partial charge in [-0.1, -0.05) is 24.3 Å². The lowest BCUT2D eigenvalue weighted by atomic mass is 9.90. The van der Waals surface area contributed by atoms with Gasteiger partial charge in [0.2, 0.25) is 5.91 Å². The molecule has 0 unspecified atom stereocenters. The molecule has 2 aliphatic rings. The van der Waals surface area contributed by atoms with Gasteiger partial charge in [-0.25, -0.2) is 4.57 Å². The summed E-state index contributed by atoms with van der Waals surface area (Å²) in [5, 5.41) is 3.72. The average molecular weight is 476 g/mol. The Labute approximate surface area is 201 Å². The van der Waals surface area contributed by atoms with Gasteiger partial charge in [0.25, 0.3) is 0 Å². The second-order valence-electron chi connectivity index (χ2n) is 9.77. The first-order valence-corrected chi connectivity index (χ1v) is 13.3. The van der Waals surface area contributed by atoms with E-state index in [2.05, 4.69) is 11.4 Å². The standard InChI is InChI=1S/C28H30NO4P/c1-18-12-19(2)15-23(14-18)32-34(31,33-24-16-20(3)13-21(4)17-24)25-7-5-6-22-8-10-28(27(22)25)11-9-26(30)29-28/h5-7,12-17H,8-11H2,1-4H3,(H,29,30)/t28-/m1/s1. The number of amides is 1. The summed E-state index contributed by atoms with van der Waals surface area (Å²) in [4.78, 5) is 12.3. The van der Waals surface area contributed by atoms with Crippen LogP contribution in [0.3, 0.4) is 0 Å². The first-order chi connectivity index (χ1) is 16.2. The van der Waals surface area contributed by atoms with E-state index in [0.717, 1.165) is 46.2 Å². The SMILES string of the molecule is Cc1cc(C)cc(OP(=O)(Oc2cc(C)cc(C)c2)c2cccc3c2[C@]2(CCC(=O)N2)CC3)c1. The Morgan fingerprint density at radius 1 is 0.794 bits per heavy atom. The average Bonchev–Trinajstić information content (AvgIpc) is 3.29. The minimum atomic E-state index is -3.89. The van der Waals surface area contributed by atoms with Gasteiger partial charge in [-0.05, 0) is 111 Å². The van der Waals surface area contributed by atoms with E-state index in [1.54, 1.807) is 0 Å². The van der Waals surface area contributed by atoms with Gasteiger partial charge in [0.15, 0.2) is 0 Å². The van der Waals surface area contributed by atoms with Crippen molar-refractivity contribution in [3.8, 4) is 11.5 Å². The Bertz CT molecular complexity index is 1250. The molecule has 1 amide bonds.